The number of benzene rings is 3. The van der Waals surface area contributed by atoms with Crippen LogP contribution in [-0.4, -0.2) is 74.8 Å². The number of anilines is 1. The van der Waals surface area contributed by atoms with E-state index in [9.17, 15) is 4.79 Å². The molecule has 0 spiro atoms. The van der Waals surface area contributed by atoms with E-state index in [0.717, 1.165) is 72.4 Å². The summed E-state index contributed by atoms with van der Waals surface area (Å²) < 4.78 is 8.23. The Morgan fingerprint density at radius 1 is 0.792 bits per heavy atom. The average Bonchev–Trinajstić information content (AvgIpc) is 3.53. The molecule has 0 radical (unpaired) electrons. The van der Waals surface area contributed by atoms with Crippen molar-refractivity contribution in [2.75, 3.05) is 39.0 Å². The Balaban J connectivity index is 0.972. The molecular formula is C37H43N9O2. The van der Waals surface area contributed by atoms with Crippen LogP contribution in [-0.2, 0) is 13.1 Å². The lowest BCUT2D eigenvalue weighted by molar-refractivity contribution is 0.0815. The van der Waals surface area contributed by atoms with Crippen molar-refractivity contribution < 1.29 is 9.53 Å². The second-order valence-electron chi connectivity index (χ2n) is 12.8. The second kappa shape index (κ2) is 14.4. The first-order valence-electron chi connectivity index (χ1n) is 16.8. The van der Waals surface area contributed by atoms with E-state index < -0.39 is 0 Å². The molecule has 1 saturated heterocycles. The number of nitrogens with two attached hydrogens (primary N) is 1. The molecule has 11 heteroatoms. The standard InChI is InChI=1S/C37H43N9O2/c1-44-19-21-45(22-20-44)29-11-13-30(14-12-29)46-36-33(35(38)41-25-42-36)34(43-46)28-9-17-32(18-10-28)48-31-15-7-27(8-16-31)24-40-37(47)39-23-26-5-3-2-4-6-26/h2-10,15-18,25,29-30H,11-14,19-24H2,1H3,(H2,38,41,42)(H2,39,40,47). The summed E-state index contributed by atoms with van der Waals surface area (Å²) in [7, 11) is 2.21. The summed E-state index contributed by atoms with van der Waals surface area (Å²) in [5.41, 5.74) is 11.0. The molecule has 2 aliphatic rings. The Labute approximate surface area is 281 Å². The first-order valence-corrected chi connectivity index (χ1v) is 16.8. The topological polar surface area (TPSA) is 126 Å². The molecule has 4 N–H and O–H groups in total. The minimum atomic E-state index is -0.209. The predicted octanol–water partition coefficient (Wildman–Crippen LogP) is 5.60. The smallest absolute Gasteiger partial charge is 0.315 e. The Bertz CT molecular complexity index is 1810. The summed E-state index contributed by atoms with van der Waals surface area (Å²) in [5, 5.41) is 11.7. The largest absolute Gasteiger partial charge is 0.457 e. The van der Waals surface area contributed by atoms with Gasteiger partial charge in [0.05, 0.1) is 11.4 Å². The lowest BCUT2D eigenvalue weighted by Crippen LogP contribution is -2.49. The SMILES string of the molecule is CN1CCN(C2CCC(n3nc(-c4ccc(Oc5ccc(CNC(=O)NCc6ccccc6)cc5)cc4)c4c(N)ncnc43)CC2)CC1. The third-order valence-electron chi connectivity index (χ3n) is 9.62. The van der Waals surface area contributed by atoms with Gasteiger partial charge < -0.3 is 26.0 Å². The van der Waals surface area contributed by atoms with Gasteiger partial charge in [0.15, 0.2) is 5.65 Å². The number of nitrogen functional groups attached to an aromatic ring is 1. The van der Waals surface area contributed by atoms with E-state index in [1.54, 1.807) is 0 Å². The van der Waals surface area contributed by atoms with Crippen LogP contribution in [0.4, 0.5) is 10.6 Å². The number of carbonyl (C=O) groups is 1. The van der Waals surface area contributed by atoms with Gasteiger partial charge in [0, 0.05) is 50.9 Å². The van der Waals surface area contributed by atoms with Crippen LogP contribution in [0.3, 0.4) is 0 Å². The van der Waals surface area contributed by atoms with Gasteiger partial charge in [0.1, 0.15) is 29.3 Å². The molecule has 48 heavy (non-hydrogen) atoms. The molecule has 1 aliphatic carbocycles. The number of hydrogen-bond donors (Lipinski definition) is 3. The predicted molar refractivity (Wildman–Crippen MR) is 188 cm³/mol. The summed E-state index contributed by atoms with van der Waals surface area (Å²) >= 11 is 0. The van der Waals surface area contributed by atoms with Crippen molar-refractivity contribution in [1.29, 1.82) is 0 Å². The zero-order chi connectivity index (χ0) is 32.9. The van der Waals surface area contributed by atoms with E-state index in [1.807, 2.05) is 78.9 Å². The molecule has 0 unspecified atom stereocenters. The van der Waals surface area contributed by atoms with Crippen LogP contribution in [0, 0.1) is 0 Å². The monoisotopic (exact) mass is 645 g/mol. The van der Waals surface area contributed by atoms with Crippen LogP contribution < -0.4 is 21.1 Å². The number of ether oxygens (including phenoxy) is 1. The zero-order valence-electron chi connectivity index (χ0n) is 27.4. The molecule has 3 heterocycles. The van der Waals surface area contributed by atoms with Crippen molar-refractivity contribution in [3.05, 3.63) is 96.3 Å². The van der Waals surface area contributed by atoms with Gasteiger partial charge in [-0.1, -0.05) is 42.5 Å². The third-order valence-corrected chi connectivity index (χ3v) is 9.62. The van der Waals surface area contributed by atoms with E-state index in [-0.39, 0.29) is 12.1 Å². The van der Waals surface area contributed by atoms with Gasteiger partial charge in [-0.15, -0.1) is 0 Å². The summed E-state index contributed by atoms with van der Waals surface area (Å²) in [6.07, 6.45) is 6.01. The number of hydrogen-bond acceptors (Lipinski definition) is 8. The van der Waals surface area contributed by atoms with Crippen LogP contribution >= 0.6 is 0 Å². The van der Waals surface area contributed by atoms with Crippen molar-refractivity contribution in [2.24, 2.45) is 0 Å². The third kappa shape index (κ3) is 7.27. The number of rotatable bonds is 9. The molecule has 7 rings (SSSR count). The fourth-order valence-electron chi connectivity index (χ4n) is 6.82. The van der Waals surface area contributed by atoms with Crippen molar-refractivity contribution in [2.45, 2.75) is 50.9 Å². The minimum Gasteiger partial charge on any atom is -0.457 e. The number of fused-ring (bicyclic) bond motifs is 1. The van der Waals surface area contributed by atoms with Crippen molar-refractivity contribution >= 4 is 22.9 Å². The van der Waals surface area contributed by atoms with Gasteiger partial charge in [0.25, 0.3) is 0 Å². The van der Waals surface area contributed by atoms with Gasteiger partial charge >= 0.3 is 6.03 Å². The molecule has 3 aromatic carbocycles. The fraction of sp³-hybridized carbons (Fsp3) is 0.351. The molecule has 1 saturated carbocycles. The highest BCUT2D eigenvalue weighted by Gasteiger charge is 2.30. The number of piperazine rings is 1. The van der Waals surface area contributed by atoms with Crippen LogP contribution in [0.1, 0.15) is 42.9 Å². The molecule has 1 aliphatic heterocycles. The van der Waals surface area contributed by atoms with Crippen molar-refractivity contribution in [3.63, 3.8) is 0 Å². The minimum absolute atomic E-state index is 0.209. The second-order valence-corrected chi connectivity index (χ2v) is 12.8. The highest BCUT2D eigenvalue weighted by molar-refractivity contribution is 5.98. The first kappa shape index (κ1) is 31.6. The fourth-order valence-corrected chi connectivity index (χ4v) is 6.82. The Kier molecular flexibility index (Phi) is 9.48. The van der Waals surface area contributed by atoms with E-state index in [1.165, 1.54) is 19.2 Å². The molecule has 2 aromatic heterocycles. The van der Waals surface area contributed by atoms with Crippen LogP contribution in [0.15, 0.2) is 85.2 Å². The zero-order valence-corrected chi connectivity index (χ0v) is 27.4. The molecule has 0 bridgehead atoms. The number of amides is 2. The van der Waals surface area contributed by atoms with Gasteiger partial charge in [-0.2, -0.15) is 5.10 Å². The number of likely N-dealkylation sites (N-methyl/N-ethyl adjacent to an activating group) is 1. The maximum Gasteiger partial charge on any atom is 0.315 e. The molecular weight excluding hydrogens is 602 g/mol. The molecule has 5 aromatic rings. The van der Waals surface area contributed by atoms with Gasteiger partial charge in [-0.25, -0.2) is 19.4 Å². The van der Waals surface area contributed by atoms with Crippen LogP contribution in [0.5, 0.6) is 11.5 Å². The lowest BCUT2D eigenvalue weighted by Gasteiger charge is -2.41. The van der Waals surface area contributed by atoms with Crippen molar-refractivity contribution in [1.82, 2.24) is 40.2 Å². The van der Waals surface area contributed by atoms with Crippen LogP contribution in [0.25, 0.3) is 22.3 Å². The Hall–Kier alpha value is -5.00. The van der Waals surface area contributed by atoms with E-state index in [2.05, 4.69) is 42.1 Å². The normalized spacial score (nSPS) is 18.9. The maximum atomic E-state index is 12.2. The van der Waals surface area contributed by atoms with Gasteiger partial charge in [0.2, 0.25) is 0 Å². The summed E-state index contributed by atoms with van der Waals surface area (Å²) in [6.45, 7) is 5.51. The molecule has 2 amide bonds. The van der Waals surface area contributed by atoms with Gasteiger partial charge in [-0.05, 0) is 80.3 Å². The lowest BCUT2D eigenvalue weighted by atomic mass is 9.90. The summed E-state index contributed by atoms with van der Waals surface area (Å²) in [6, 6.07) is 26.1. The van der Waals surface area contributed by atoms with Crippen molar-refractivity contribution in [3.8, 4) is 22.8 Å². The number of nitrogens with zero attached hydrogens (tertiary/aromatic N) is 6. The number of carbonyl (C=O) groups excluding carboxylic acids is 1. The number of aromatic nitrogens is 4. The number of urea groups is 1. The quantitative estimate of drug-likeness (QED) is 0.189. The molecule has 2 fully saturated rings. The number of nitrogens with one attached hydrogen (secondary N) is 2. The molecule has 11 nitrogen and oxygen atoms in total. The van der Waals surface area contributed by atoms with Crippen LogP contribution in [0.2, 0.25) is 0 Å². The summed E-state index contributed by atoms with van der Waals surface area (Å²) in [5.74, 6) is 1.86. The highest BCUT2D eigenvalue weighted by Crippen LogP contribution is 2.37. The maximum absolute atomic E-state index is 12.2. The van der Waals surface area contributed by atoms with E-state index in [4.69, 9.17) is 15.6 Å². The highest BCUT2D eigenvalue weighted by atomic mass is 16.5. The average molecular weight is 646 g/mol. The summed E-state index contributed by atoms with van der Waals surface area (Å²) in [4.78, 5) is 26.2. The van der Waals surface area contributed by atoms with Gasteiger partial charge in [-0.3, -0.25) is 4.90 Å². The molecule has 248 valence electrons. The van der Waals surface area contributed by atoms with E-state index in [0.29, 0.717) is 36.4 Å². The first-order chi connectivity index (χ1) is 23.5. The van der Waals surface area contributed by atoms with E-state index >= 15 is 0 Å². The molecule has 0 atom stereocenters. The Morgan fingerprint density at radius 3 is 2.06 bits per heavy atom. The Morgan fingerprint density at radius 2 is 1.40 bits per heavy atom.